The van der Waals surface area contributed by atoms with E-state index in [1.54, 1.807) is 4.68 Å². The van der Waals surface area contributed by atoms with Crippen molar-refractivity contribution in [3.05, 3.63) is 12.2 Å². The molecule has 1 fully saturated rings. The predicted octanol–water partition coefficient (Wildman–Crippen LogP) is 0.0218. The van der Waals surface area contributed by atoms with Gasteiger partial charge in [0, 0.05) is 37.6 Å². The van der Waals surface area contributed by atoms with Crippen LogP contribution in [0.5, 0.6) is 0 Å². The van der Waals surface area contributed by atoms with Gasteiger partial charge in [-0.05, 0) is 0 Å². The first-order valence-corrected chi connectivity index (χ1v) is 6.57. The van der Waals surface area contributed by atoms with Crippen LogP contribution in [0.2, 0.25) is 0 Å². The molecule has 5 nitrogen and oxygen atoms in total. The molecular weight excluding hydrogens is 224 g/mol. The van der Waals surface area contributed by atoms with Crippen LogP contribution in [0.3, 0.4) is 0 Å². The van der Waals surface area contributed by atoms with Crippen LogP contribution >= 0.6 is 11.8 Å². The zero-order valence-electron chi connectivity index (χ0n) is 9.35. The molecule has 1 N–H and O–H groups in total. The number of carbonyl (C=O) groups excluding carboxylic acids is 1. The number of hydrogen-bond donors (Lipinski definition) is 1. The normalized spacial score (nSPS) is 20.9. The minimum absolute atomic E-state index is 0.233. The van der Waals surface area contributed by atoms with Crippen LogP contribution in [0.25, 0.3) is 0 Å². The Morgan fingerprint density at radius 2 is 2.62 bits per heavy atom. The lowest BCUT2D eigenvalue weighted by molar-refractivity contribution is -0.118. The largest absolute Gasteiger partial charge is 0.312 e. The quantitative estimate of drug-likeness (QED) is 0.804. The van der Waals surface area contributed by atoms with E-state index in [1.807, 2.05) is 18.8 Å². The Hall–Kier alpha value is -0.880. The summed E-state index contributed by atoms with van der Waals surface area (Å²) in [4.78, 5) is 15.9. The molecule has 0 radical (unpaired) electrons. The fraction of sp³-hybridized carbons (Fsp3) is 0.700. The van der Waals surface area contributed by atoms with Gasteiger partial charge in [-0.2, -0.15) is 16.9 Å². The van der Waals surface area contributed by atoms with Crippen molar-refractivity contribution in [3.8, 4) is 0 Å². The standard InChI is InChI=1S/C10H16N4OS/c1-14-10(12-7-13-14)5-9(15)4-8-6-16-3-2-11-8/h7-8,11H,2-6H2,1H3. The van der Waals surface area contributed by atoms with Gasteiger partial charge in [-0.25, -0.2) is 4.98 Å². The van der Waals surface area contributed by atoms with Gasteiger partial charge in [0.25, 0.3) is 0 Å². The lowest BCUT2D eigenvalue weighted by Gasteiger charge is -2.22. The fourth-order valence-corrected chi connectivity index (χ4v) is 2.70. The van der Waals surface area contributed by atoms with E-state index < -0.39 is 0 Å². The summed E-state index contributed by atoms with van der Waals surface area (Å²) in [7, 11) is 1.81. The zero-order chi connectivity index (χ0) is 11.4. The first kappa shape index (κ1) is 11.6. The maximum Gasteiger partial charge on any atom is 0.142 e. The van der Waals surface area contributed by atoms with Crippen LogP contribution in [-0.2, 0) is 18.3 Å². The van der Waals surface area contributed by atoms with Gasteiger partial charge >= 0.3 is 0 Å². The summed E-state index contributed by atoms with van der Waals surface area (Å²) >= 11 is 1.91. The second kappa shape index (κ2) is 5.45. The van der Waals surface area contributed by atoms with Crippen molar-refractivity contribution in [2.24, 2.45) is 7.05 Å². The van der Waals surface area contributed by atoms with Crippen LogP contribution in [0, 0.1) is 0 Å². The van der Waals surface area contributed by atoms with Gasteiger partial charge in [0.2, 0.25) is 0 Å². The number of aromatic nitrogens is 3. The number of nitrogens with one attached hydrogen (secondary N) is 1. The van der Waals surface area contributed by atoms with Crippen LogP contribution < -0.4 is 5.32 Å². The van der Waals surface area contributed by atoms with E-state index in [0.29, 0.717) is 18.9 Å². The number of hydrogen-bond acceptors (Lipinski definition) is 5. The number of carbonyl (C=O) groups is 1. The molecule has 1 atom stereocenters. The summed E-state index contributed by atoms with van der Waals surface area (Å²) in [5.41, 5.74) is 0. The number of aryl methyl sites for hydroxylation is 1. The second-order valence-electron chi connectivity index (χ2n) is 3.95. The summed E-state index contributed by atoms with van der Waals surface area (Å²) in [5, 5.41) is 7.31. The molecule has 2 heterocycles. The van der Waals surface area contributed by atoms with Crippen molar-refractivity contribution in [2.75, 3.05) is 18.1 Å². The van der Waals surface area contributed by atoms with Gasteiger partial charge in [-0.1, -0.05) is 0 Å². The monoisotopic (exact) mass is 240 g/mol. The number of nitrogens with zero attached hydrogens (tertiary/aromatic N) is 3. The summed E-state index contributed by atoms with van der Waals surface area (Å²) < 4.78 is 1.65. The second-order valence-corrected chi connectivity index (χ2v) is 5.10. The summed E-state index contributed by atoms with van der Waals surface area (Å²) in [6, 6.07) is 0.333. The first-order valence-electron chi connectivity index (χ1n) is 5.41. The summed E-state index contributed by atoms with van der Waals surface area (Å²) in [5.74, 6) is 3.16. The lowest BCUT2D eigenvalue weighted by Crippen LogP contribution is -2.39. The molecule has 0 saturated carbocycles. The van der Waals surface area contributed by atoms with Gasteiger partial charge in [0.05, 0.1) is 6.42 Å². The van der Waals surface area contributed by atoms with Crippen molar-refractivity contribution in [1.82, 2.24) is 20.1 Å². The van der Waals surface area contributed by atoms with E-state index in [2.05, 4.69) is 15.4 Å². The Kier molecular flexibility index (Phi) is 3.95. The topological polar surface area (TPSA) is 59.8 Å². The molecule has 0 aromatic carbocycles. The van der Waals surface area contributed by atoms with Crippen LogP contribution in [-0.4, -0.2) is 44.6 Å². The van der Waals surface area contributed by atoms with E-state index >= 15 is 0 Å². The molecule has 1 aromatic heterocycles. The van der Waals surface area contributed by atoms with Crippen molar-refractivity contribution in [1.29, 1.82) is 0 Å². The van der Waals surface area contributed by atoms with Crippen LogP contribution in [0.1, 0.15) is 12.2 Å². The molecule has 6 heteroatoms. The smallest absolute Gasteiger partial charge is 0.142 e. The molecule has 88 valence electrons. The van der Waals surface area contributed by atoms with Gasteiger partial charge in [-0.15, -0.1) is 0 Å². The van der Waals surface area contributed by atoms with E-state index in [9.17, 15) is 4.79 Å². The number of Topliss-reactive ketones (excluding diaryl/α,β-unsaturated/α-hetero) is 1. The Morgan fingerprint density at radius 1 is 1.75 bits per heavy atom. The Bertz CT molecular complexity index is 359. The zero-order valence-corrected chi connectivity index (χ0v) is 10.2. The Morgan fingerprint density at radius 3 is 3.25 bits per heavy atom. The molecular formula is C10H16N4OS. The van der Waals surface area contributed by atoms with Crippen LogP contribution in [0.15, 0.2) is 6.33 Å². The molecule has 1 aromatic rings. The molecule has 1 aliphatic heterocycles. The predicted molar refractivity (Wildman–Crippen MR) is 63.4 cm³/mol. The number of rotatable bonds is 4. The average Bonchev–Trinajstić information content (AvgIpc) is 2.66. The van der Waals surface area contributed by atoms with Crippen molar-refractivity contribution in [2.45, 2.75) is 18.9 Å². The van der Waals surface area contributed by atoms with Gasteiger partial charge in [-0.3, -0.25) is 9.48 Å². The molecule has 0 bridgehead atoms. The molecule has 1 saturated heterocycles. The van der Waals surface area contributed by atoms with Gasteiger partial charge < -0.3 is 5.32 Å². The molecule has 0 aliphatic carbocycles. The Balaban J connectivity index is 1.82. The Labute approximate surface area is 99.0 Å². The van der Waals surface area contributed by atoms with E-state index in [0.717, 1.165) is 23.9 Å². The highest BCUT2D eigenvalue weighted by molar-refractivity contribution is 7.99. The van der Waals surface area contributed by atoms with Crippen LogP contribution in [0.4, 0.5) is 0 Å². The van der Waals surface area contributed by atoms with Gasteiger partial charge in [0.15, 0.2) is 0 Å². The number of ketones is 1. The van der Waals surface area contributed by atoms with E-state index in [1.165, 1.54) is 6.33 Å². The minimum atomic E-state index is 0.233. The maximum absolute atomic E-state index is 11.8. The summed E-state index contributed by atoms with van der Waals surface area (Å²) in [6.45, 7) is 1.01. The minimum Gasteiger partial charge on any atom is -0.312 e. The molecule has 0 amide bonds. The highest BCUT2D eigenvalue weighted by Crippen LogP contribution is 2.11. The SMILES string of the molecule is Cn1ncnc1CC(=O)CC1CSCCN1. The third-order valence-corrected chi connectivity index (χ3v) is 3.76. The van der Waals surface area contributed by atoms with Crippen molar-refractivity contribution >= 4 is 17.5 Å². The molecule has 0 spiro atoms. The first-order chi connectivity index (χ1) is 7.75. The summed E-state index contributed by atoms with van der Waals surface area (Å²) in [6.07, 6.45) is 2.47. The van der Waals surface area contributed by atoms with E-state index in [4.69, 9.17) is 0 Å². The van der Waals surface area contributed by atoms with Crippen molar-refractivity contribution in [3.63, 3.8) is 0 Å². The van der Waals surface area contributed by atoms with Crippen molar-refractivity contribution < 1.29 is 4.79 Å². The highest BCUT2D eigenvalue weighted by atomic mass is 32.2. The molecule has 1 aliphatic rings. The molecule has 1 unspecified atom stereocenters. The third kappa shape index (κ3) is 3.05. The number of thioether (sulfide) groups is 1. The lowest BCUT2D eigenvalue weighted by atomic mass is 10.1. The molecule has 2 rings (SSSR count). The highest BCUT2D eigenvalue weighted by Gasteiger charge is 2.17. The third-order valence-electron chi connectivity index (χ3n) is 2.63. The molecule has 16 heavy (non-hydrogen) atoms. The van der Waals surface area contributed by atoms with E-state index in [-0.39, 0.29) is 5.78 Å². The maximum atomic E-state index is 11.8. The average molecular weight is 240 g/mol. The van der Waals surface area contributed by atoms with Gasteiger partial charge in [0.1, 0.15) is 17.9 Å². The fourth-order valence-electron chi connectivity index (χ4n) is 1.75.